The van der Waals surface area contributed by atoms with Gasteiger partial charge in [-0.3, -0.25) is 0 Å². The number of thioether (sulfide) groups is 1. The van der Waals surface area contributed by atoms with Gasteiger partial charge in [-0.2, -0.15) is 0 Å². The van der Waals surface area contributed by atoms with Gasteiger partial charge in [0.15, 0.2) is 0 Å². The predicted molar refractivity (Wildman–Crippen MR) is 87.7 cm³/mol. The SMILES string of the molecule is Nc1cc(Br)cc(CSc2ncnc3ccccc23)c1. The first-order valence-electron chi connectivity index (χ1n) is 6.10. The maximum absolute atomic E-state index is 5.85. The highest BCUT2D eigenvalue weighted by atomic mass is 79.9. The summed E-state index contributed by atoms with van der Waals surface area (Å²) in [5.41, 5.74) is 8.76. The normalized spacial score (nSPS) is 10.8. The van der Waals surface area contributed by atoms with Crippen molar-refractivity contribution in [1.29, 1.82) is 0 Å². The van der Waals surface area contributed by atoms with E-state index in [0.29, 0.717) is 0 Å². The number of anilines is 1. The van der Waals surface area contributed by atoms with Gasteiger partial charge in [-0.05, 0) is 29.8 Å². The molecule has 3 aromatic rings. The zero-order chi connectivity index (χ0) is 13.9. The molecule has 5 heteroatoms. The van der Waals surface area contributed by atoms with Gasteiger partial charge in [-0.15, -0.1) is 11.8 Å². The molecular formula is C15H12BrN3S. The molecule has 3 nitrogen and oxygen atoms in total. The summed E-state index contributed by atoms with van der Waals surface area (Å²) in [6, 6.07) is 14.0. The van der Waals surface area contributed by atoms with Gasteiger partial charge in [0.25, 0.3) is 0 Å². The Morgan fingerprint density at radius 2 is 1.95 bits per heavy atom. The van der Waals surface area contributed by atoms with E-state index in [1.54, 1.807) is 18.1 Å². The van der Waals surface area contributed by atoms with E-state index < -0.39 is 0 Å². The summed E-state index contributed by atoms with van der Waals surface area (Å²) >= 11 is 5.16. The molecule has 0 spiro atoms. The Balaban J connectivity index is 1.87. The molecule has 2 aromatic carbocycles. The van der Waals surface area contributed by atoms with Gasteiger partial charge in [0, 0.05) is 21.3 Å². The summed E-state index contributed by atoms with van der Waals surface area (Å²) in [6.45, 7) is 0. The van der Waals surface area contributed by atoms with Gasteiger partial charge in [0.05, 0.1) is 5.52 Å². The van der Waals surface area contributed by atoms with Gasteiger partial charge >= 0.3 is 0 Å². The van der Waals surface area contributed by atoms with Crippen LogP contribution in [0.15, 0.2) is 58.3 Å². The number of para-hydroxylation sites is 1. The summed E-state index contributed by atoms with van der Waals surface area (Å²) in [5.74, 6) is 0.824. The molecule has 1 heterocycles. The smallest absolute Gasteiger partial charge is 0.117 e. The van der Waals surface area contributed by atoms with Gasteiger partial charge in [-0.25, -0.2) is 9.97 Å². The van der Waals surface area contributed by atoms with Gasteiger partial charge in [0.1, 0.15) is 11.4 Å². The van der Waals surface area contributed by atoms with Gasteiger partial charge in [-0.1, -0.05) is 34.1 Å². The Hall–Kier alpha value is -1.59. The summed E-state index contributed by atoms with van der Waals surface area (Å²) in [7, 11) is 0. The second-order valence-corrected chi connectivity index (χ2v) is 6.26. The molecule has 100 valence electrons. The van der Waals surface area contributed by atoms with E-state index in [0.717, 1.165) is 31.8 Å². The van der Waals surface area contributed by atoms with Crippen LogP contribution in [0.3, 0.4) is 0 Å². The lowest BCUT2D eigenvalue weighted by Crippen LogP contribution is -1.90. The average Bonchev–Trinajstić information content (AvgIpc) is 2.44. The van der Waals surface area contributed by atoms with E-state index >= 15 is 0 Å². The highest BCUT2D eigenvalue weighted by molar-refractivity contribution is 9.10. The second-order valence-electron chi connectivity index (χ2n) is 4.38. The molecule has 0 aliphatic carbocycles. The van der Waals surface area contributed by atoms with Crippen LogP contribution < -0.4 is 5.73 Å². The molecule has 0 saturated carbocycles. The molecule has 0 radical (unpaired) electrons. The van der Waals surface area contributed by atoms with Crippen molar-refractivity contribution in [3.63, 3.8) is 0 Å². The minimum Gasteiger partial charge on any atom is -0.399 e. The maximum atomic E-state index is 5.85. The van der Waals surface area contributed by atoms with E-state index in [4.69, 9.17) is 5.73 Å². The highest BCUT2D eigenvalue weighted by Crippen LogP contribution is 2.28. The number of nitrogens with two attached hydrogens (primary N) is 1. The monoisotopic (exact) mass is 345 g/mol. The van der Waals surface area contributed by atoms with Crippen LogP contribution in [-0.2, 0) is 5.75 Å². The van der Waals surface area contributed by atoms with Crippen molar-refractivity contribution in [2.75, 3.05) is 5.73 Å². The quantitative estimate of drug-likeness (QED) is 0.437. The minimum atomic E-state index is 0.766. The molecule has 0 aliphatic heterocycles. The number of nitrogen functional groups attached to an aromatic ring is 1. The Kier molecular flexibility index (Phi) is 3.89. The number of halogens is 1. The highest BCUT2D eigenvalue weighted by Gasteiger charge is 2.05. The van der Waals surface area contributed by atoms with Crippen LogP contribution >= 0.6 is 27.7 Å². The third-order valence-electron chi connectivity index (χ3n) is 2.86. The molecule has 0 fully saturated rings. The molecule has 0 atom stereocenters. The molecular weight excluding hydrogens is 334 g/mol. The molecule has 3 rings (SSSR count). The van der Waals surface area contributed by atoms with Crippen LogP contribution in [0.4, 0.5) is 5.69 Å². The minimum absolute atomic E-state index is 0.766. The number of nitrogens with zero attached hydrogens (tertiary/aromatic N) is 2. The first kappa shape index (κ1) is 13.4. The second kappa shape index (κ2) is 5.81. The number of benzene rings is 2. The number of rotatable bonds is 3. The molecule has 0 bridgehead atoms. The van der Waals surface area contributed by atoms with Crippen molar-refractivity contribution in [3.8, 4) is 0 Å². The first-order chi connectivity index (χ1) is 9.72. The Morgan fingerprint density at radius 1 is 1.10 bits per heavy atom. The fourth-order valence-corrected chi connectivity index (χ4v) is 3.48. The van der Waals surface area contributed by atoms with Crippen molar-refractivity contribution in [2.24, 2.45) is 0 Å². The van der Waals surface area contributed by atoms with Crippen molar-refractivity contribution in [1.82, 2.24) is 9.97 Å². The van der Waals surface area contributed by atoms with Crippen LogP contribution in [0.5, 0.6) is 0 Å². The molecule has 0 amide bonds. The lowest BCUT2D eigenvalue weighted by atomic mass is 10.2. The van der Waals surface area contributed by atoms with E-state index in [2.05, 4.69) is 32.0 Å². The molecule has 0 unspecified atom stereocenters. The molecule has 2 N–H and O–H groups in total. The zero-order valence-corrected chi connectivity index (χ0v) is 13.0. The fourth-order valence-electron chi connectivity index (χ4n) is 2.01. The van der Waals surface area contributed by atoms with Gasteiger partial charge < -0.3 is 5.73 Å². The van der Waals surface area contributed by atoms with Crippen LogP contribution in [0.2, 0.25) is 0 Å². The fraction of sp³-hybridized carbons (Fsp3) is 0.0667. The van der Waals surface area contributed by atoms with Crippen molar-refractivity contribution >= 4 is 44.3 Å². The summed E-state index contributed by atoms with van der Waals surface area (Å²) in [4.78, 5) is 8.65. The number of hydrogen-bond acceptors (Lipinski definition) is 4. The lowest BCUT2D eigenvalue weighted by molar-refractivity contribution is 1.10. The molecule has 0 saturated heterocycles. The standard InChI is InChI=1S/C15H12BrN3S/c16-11-5-10(6-12(17)7-11)8-20-15-13-3-1-2-4-14(13)18-9-19-15/h1-7,9H,8,17H2. The third kappa shape index (κ3) is 2.94. The zero-order valence-electron chi connectivity index (χ0n) is 10.6. The molecule has 1 aromatic heterocycles. The average molecular weight is 346 g/mol. The summed E-state index contributed by atoms with van der Waals surface area (Å²) < 4.78 is 1.00. The van der Waals surface area contributed by atoms with Crippen LogP contribution in [0.1, 0.15) is 5.56 Å². The van der Waals surface area contributed by atoms with E-state index in [1.807, 2.05) is 36.4 Å². The predicted octanol–water partition coefficient (Wildman–Crippen LogP) is 4.27. The Morgan fingerprint density at radius 3 is 2.80 bits per heavy atom. The van der Waals surface area contributed by atoms with Crippen LogP contribution in [0.25, 0.3) is 10.9 Å². The lowest BCUT2D eigenvalue weighted by Gasteiger charge is -2.06. The number of fused-ring (bicyclic) bond motifs is 1. The summed E-state index contributed by atoms with van der Waals surface area (Å²) in [5, 5.41) is 2.08. The van der Waals surface area contributed by atoms with Crippen LogP contribution in [0, 0.1) is 0 Å². The maximum Gasteiger partial charge on any atom is 0.117 e. The number of aromatic nitrogens is 2. The number of hydrogen-bond donors (Lipinski definition) is 1. The summed E-state index contributed by atoms with van der Waals surface area (Å²) in [6.07, 6.45) is 1.61. The van der Waals surface area contributed by atoms with Crippen LogP contribution in [-0.4, -0.2) is 9.97 Å². The van der Waals surface area contributed by atoms with Crippen molar-refractivity contribution in [3.05, 3.63) is 58.8 Å². The van der Waals surface area contributed by atoms with E-state index in [9.17, 15) is 0 Å². The molecule has 20 heavy (non-hydrogen) atoms. The topological polar surface area (TPSA) is 51.8 Å². The van der Waals surface area contributed by atoms with Gasteiger partial charge in [0.2, 0.25) is 0 Å². The van der Waals surface area contributed by atoms with E-state index in [1.165, 1.54) is 5.56 Å². The Labute approximate surface area is 129 Å². The Bertz CT molecular complexity index is 735. The first-order valence-corrected chi connectivity index (χ1v) is 7.88. The van der Waals surface area contributed by atoms with Crippen molar-refractivity contribution in [2.45, 2.75) is 10.8 Å². The molecule has 0 aliphatic rings. The van der Waals surface area contributed by atoms with Crippen molar-refractivity contribution < 1.29 is 0 Å². The largest absolute Gasteiger partial charge is 0.399 e. The third-order valence-corrected chi connectivity index (χ3v) is 4.40. The van der Waals surface area contributed by atoms with E-state index in [-0.39, 0.29) is 0 Å².